The van der Waals surface area contributed by atoms with E-state index in [4.69, 9.17) is 9.47 Å². The van der Waals surface area contributed by atoms with E-state index in [1.165, 1.54) is 19.3 Å². The van der Waals surface area contributed by atoms with Crippen molar-refractivity contribution in [1.82, 2.24) is 10.6 Å². The van der Waals surface area contributed by atoms with Crippen LogP contribution in [0, 0.1) is 5.92 Å². The maximum Gasteiger partial charge on any atom is 0.338 e. The number of benzene rings is 1. The van der Waals surface area contributed by atoms with Gasteiger partial charge in [0.15, 0.2) is 0 Å². The first-order valence-electron chi connectivity index (χ1n) is 10.3. The minimum Gasteiger partial charge on any atom is -0.493 e. The minimum atomic E-state index is -0.597. The van der Waals surface area contributed by atoms with E-state index in [0.29, 0.717) is 36.2 Å². The summed E-state index contributed by atoms with van der Waals surface area (Å²) in [5.74, 6) is 0.719. The SMILES string of the molecule is CCCOc1ccccc1[C@H]1NC(=O)NC(C)=C1C(=O)OCC1CCCCC1. The van der Waals surface area contributed by atoms with E-state index in [2.05, 4.69) is 10.6 Å². The number of esters is 1. The maximum atomic E-state index is 13.0. The lowest BCUT2D eigenvalue weighted by Gasteiger charge is -2.30. The van der Waals surface area contributed by atoms with Crippen molar-refractivity contribution in [2.24, 2.45) is 5.92 Å². The van der Waals surface area contributed by atoms with Crippen molar-refractivity contribution >= 4 is 12.0 Å². The van der Waals surface area contributed by atoms with Crippen molar-refractivity contribution in [1.29, 1.82) is 0 Å². The van der Waals surface area contributed by atoms with E-state index in [-0.39, 0.29) is 12.0 Å². The molecule has 2 N–H and O–H groups in total. The second-order valence-corrected chi connectivity index (χ2v) is 7.56. The van der Waals surface area contributed by atoms with Gasteiger partial charge in [0.25, 0.3) is 0 Å². The third-order valence-electron chi connectivity index (χ3n) is 5.36. The predicted molar refractivity (Wildman–Crippen MR) is 107 cm³/mol. The first kappa shape index (κ1) is 20.2. The van der Waals surface area contributed by atoms with Gasteiger partial charge in [0.05, 0.1) is 24.8 Å². The highest BCUT2D eigenvalue weighted by molar-refractivity contribution is 5.95. The van der Waals surface area contributed by atoms with Crippen LogP contribution in [0.1, 0.15) is 64.0 Å². The second kappa shape index (κ2) is 9.62. The Morgan fingerprint density at radius 3 is 2.68 bits per heavy atom. The molecule has 1 saturated carbocycles. The van der Waals surface area contributed by atoms with Crippen LogP contribution in [0.2, 0.25) is 0 Å². The van der Waals surface area contributed by atoms with Crippen molar-refractivity contribution in [3.63, 3.8) is 0 Å². The Hall–Kier alpha value is -2.50. The van der Waals surface area contributed by atoms with E-state index in [1.54, 1.807) is 6.92 Å². The molecule has 28 heavy (non-hydrogen) atoms. The molecule has 2 aliphatic rings. The molecular weight excluding hydrogens is 356 g/mol. The van der Waals surface area contributed by atoms with Gasteiger partial charge in [-0.1, -0.05) is 44.4 Å². The van der Waals surface area contributed by atoms with Crippen molar-refractivity contribution in [2.75, 3.05) is 13.2 Å². The zero-order valence-electron chi connectivity index (χ0n) is 16.8. The Balaban J connectivity index is 1.81. The molecule has 0 spiro atoms. The summed E-state index contributed by atoms with van der Waals surface area (Å²) in [6.07, 6.45) is 6.76. The average molecular weight is 386 g/mol. The van der Waals surface area contributed by atoms with Crippen LogP contribution in [-0.2, 0) is 9.53 Å². The lowest BCUT2D eigenvalue weighted by molar-refractivity contribution is -0.141. The molecule has 1 aromatic rings. The van der Waals surface area contributed by atoms with Crippen LogP contribution in [0.4, 0.5) is 4.79 Å². The number of carbonyl (C=O) groups excluding carboxylic acids is 2. The van der Waals surface area contributed by atoms with Crippen LogP contribution in [0.25, 0.3) is 0 Å². The number of ether oxygens (including phenoxy) is 2. The number of hydrogen-bond acceptors (Lipinski definition) is 4. The number of para-hydroxylation sites is 1. The van der Waals surface area contributed by atoms with E-state index >= 15 is 0 Å². The molecule has 152 valence electrons. The highest BCUT2D eigenvalue weighted by atomic mass is 16.5. The monoisotopic (exact) mass is 386 g/mol. The molecule has 0 radical (unpaired) electrons. The van der Waals surface area contributed by atoms with Gasteiger partial charge < -0.3 is 20.1 Å². The van der Waals surface area contributed by atoms with Gasteiger partial charge in [0, 0.05) is 11.3 Å². The van der Waals surface area contributed by atoms with E-state index in [9.17, 15) is 9.59 Å². The van der Waals surface area contributed by atoms with E-state index < -0.39 is 6.04 Å². The summed E-state index contributed by atoms with van der Waals surface area (Å²) in [6, 6.07) is 6.57. The van der Waals surface area contributed by atoms with E-state index in [0.717, 1.165) is 24.8 Å². The number of urea groups is 1. The zero-order chi connectivity index (χ0) is 19.9. The van der Waals surface area contributed by atoms with Gasteiger partial charge in [0.1, 0.15) is 5.75 Å². The first-order valence-corrected chi connectivity index (χ1v) is 10.3. The lowest BCUT2D eigenvalue weighted by atomic mass is 9.90. The van der Waals surface area contributed by atoms with Crippen molar-refractivity contribution in [3.05, 3.63) is 41.1 Å². The van der Waals surface area contributed by atoms with Crippen LogP contribution >= 0.6 is 0 Å². The van der Waals surface area contributed by atoms with E-state index in [1.807, 2.05) is 31.2 Å². The van der Waals surface area contributed by atoms with Gasteiger partial charge in [-0.3, -0.25) is 0 Å². The number of nitrogens with one attached hydrogen (secondary N) is 2. The quantitative estimate of drug-likeness (QED) is 0.688. The summed E-state index contributed by atoms with van der Waals surface area (Å²) in [5, 5.41) is 5.56. The number of hydrogen-bond donors (Lipinski definition) is 2. The standard InChI is InChI=1S/C22H30N2O4/c1-3-13-27-18-12-8-7-11-17(18)20-19(15(2)23-22(26)24-20)21(25)28-14-16-9-5-4-6-10-16/h7-8,11-12,16,20H,3-6,9-10,13-14H2,1-2H3,(H2,23,24,26)/t20-/m1/s1. The normalized spacial score (nSPS) is 20.4. The number of carbonyl (C=O) groups is 2. The molecule has 1 fully saturated rings. The average Bonchev–Trinajstić information content (AvgIpc) is 2.71. The van der Waals surface area contributed by atoms with Crippen LogP contribution in [-0.4, -0.2) is 25.2 Å². The molecular formula is C22H30N2O4. The third kappa shape index (κ3) is 4.86. The molecule has 0 saturated heterocycles. The molecule has 0 bridgehead atoms. The Kier molecular flexibility index (Phi) is 6.95. The van der Waals surface area contributed by atoms with Crippen molar-refractivity contribution < 1.29 is 19.1 Å². The first-order chi connectivity index (χ1) is 13.6. The van der Waals surface area contributed by atoms with Gasteiger partial charge in [-0.05, 0) is 38.2 Å². The van der Waals surface area contributed by atoms with Crippen LogP contribution < -0.4 is 15.4 Å². The minimum absolute atomic E-state index is 0.336. The fourth-order valence-electron chi connectivity index (χ4n) is 3.89. The summed E-state index contributed by atoms with van der Waals surface area (Å²) in [6.45, 7) is 4.77. The van der Waals surface area contributed by atoms with Gasteiger partial charge >= 0.3 is 12.0 Å². The van der Waals surface area contributed by atoms with Gasteiger partial charge in [-0.25, -0.2) is 9.59 Å². The van der Waals surface area contributed by atoms with Gasteiger partial charge in [0.2, 0.25) is 0 Å². The summed E-state index contributed by atoms with van der Waals surface area (Å²) >= 11 is 0. The summed E-state index contributed by atoms with van der Waals surface area (Å²) in [7, 11) is 0. The summed E-state index contributed by atoms with van der Waals surface area (Å²) in [4.78, 5) is 25.1. The van der Waals surface area contributed by atoms with Crippen molar-refractivity contribution in [2.45, 2.75) is 58.4 Å². The van der Waals surface area contributed by atoms with Crippen molar-refractivity contribution in [3.8, 4) is 5.75 Å². The Morgan fingerprint density at radius 1 is 1.18 bits per heavy atom. The van der Waals surface area contributed by atoms with Crippen LogP contribution in [0.5, 0.6) is 5.75 Å². The third-order valence-corrected chi connectivity index (χ3v) is 5.36. The number of rotatable bonds is 7. The molecule has 1 aliphatic carbocycles. The number of amides is 2. The molecule has 6 nitrogen and oxygen atoms in total. The predicted octanol–water partition coefficient (Wildman–Crippen LogP) is 4.23. The Bertz CT molecular complexity index is 738. The topological polar surface area (TPSA) is 76.7 Å². The number of allylic oxidation sites excluding steroid dienone is 1. The molecule has 1 heterocycles. The zero-order valence-corrected chi connectivity index (χ0v) is 16.8. The highest BCUT2D eigenvalue weighted by Gasteiger charge is 2.34. The maximum absolute atomic E-state index is 13.0. The molecule has 2 amide bonds. The molecule has 6 heteroatoms. The molecule has 1 atom stereocenters. The second-order valence-electron chi connectivity index (χ2n) is 7.56. The Labute approximate surface area is 166 Å². The van der Waals surface area contributed by atoms with Crippen LogP contribution in [0.3, 0.4) is 0 Å². The molecule has 0 unspecified atom stereocenters. The smallest absolute Gasteiger partial charge is 0.338 e. The summed E-state index contributed by atoms with van der Waals surface area (Å²) < 4.78 is 11.5. The van der Waals surface area contributed by atoms with Gasteiger partial charge in [-0.2, -0.15) is 0 Å². The van der Waals surface area contributed by atoms with Gasteiger partial charge in [-0.15, -0.1) is 0 Å². The molecule has 1 aromatic carbocycles. The fraction of sp³-hybridized carbons (Fsp3) is 0.545. The molecule has 3 rings (SSSR count). The van der Waals surface area contributed by atoms with Crippen LogP contribution in [0.15, 0.2) is 35.5 Å². The largest absolute Gasteiger partial charge is 0.493 e. The Morgan fingerprint density at radius 2 is 1.93 bits per heavy atom. The fourth-order valence-corrected chi connectivity index (χ4v) is 3.89. The summed E-state index contributed by atoms with van der Waals surface area (Å²) in [5.41, 5.74) is 1.71. The highest BCUT2D eigenvalue weighted by Crippen LogP contribution is 2.34. The molecule has 0 aromatic heterocycles. The molecule has 1 aliphatic heterocycles. The lowest BCUT2D eigenvalue weighted by Crippen LogP contribution is -2.45.